The molecule has 3 rings (SSSR count). The van der Waals surface area contributed by atoms with Crippen LogP contribution in [0.25, 0.3) is 0 Å². The van der Waals surface area contributed by atoms with E-state index in [2.05, 4.69) is 4.98 Å². The van der Waals surface area contributed by atoms with Crippen LogP contribution in [0.5, 0.6) is 0 Å². The van der Waals surface area contributed by atoms with Gasteiger partial charge in [0, 0.05) is 45.5 Å². The van der Waals surface area contributed by atoms with E-state index in [4.69, 9.17) is 0 Å². The van der Waals surface area contributed by atoms with Crippen LogP contribution in [-0.4, -0.2) is 74.2 Å². The molecule has 8 heteroatoms. The predicted octanol–water partition coefficient (Wildman–Crippen LogP) is -0.00810. The summed E-state index contributed by atoms with van der Waals surface area (Å²) in [6, 6.07) is -0.494. The third-order valence-corrected chi connectivity index (χ3v) is 5.04. The first-order chi connectivity index (χ1) is 12.0. The number of hydrogen-bond acceptors (Lipinski definition) is 4. The molecular formula is C17H25N5O3. The minimum atomic E-state index is -0.494. The fourth-order valence-electron chi connectivity index (χ4n) is 3.45. The first-order valence-corrected chi connectivity index (χ1v) is 8.79. The number of aromatic nitrogens is 2. The summed E-state index contributed by atoms with van der Waals surface area (Å²) in [7, 11) is 1.87. The molecule has 25 heavy (non-hydrogen) atoms. The van der Waals surface area contributed by atoms with Crippen molar-refractivity contribution in [2.75, 3.05) is 26.2 Å². The molecule has 0 spiro atoms. The van der Waals surface area contributed by atoms with Gasteiger partial charge in [-0.2, -0.15) is 0 Å². The second kappa shape index (κ2) is 7.25. The molecule has 1 aromatic rings. The molecule has 0 N–H and O–H groups in total. The van der Waals surface area contributed by atoms with Crippen LogP contribution in [0, 0.1) is 0 Å². The minimum Gasteiger partial charge on any atom is -0.343 e. The molecule has 0 aliphatic carbocycles. The van der Waals surface area contributed by atoms with Crippen LogP contribution in [0.15, 0.2) is 12.4 Å². The van der Waals surface area contributed by atoms with E-state index in [0.29, 0.717) is 32.5 Å². The van der Waals surface area contributed by atoms with Crippen LogP contribution in [0.2, 0.25) is 0 Å². The maximum Gasteiger partial charge on any atom is 0.245 e. The molecule has 1 aromatic heterocycles. The lowest BCUT2D eigenvalue weighted by molar-refractivity contribution is -0.156. The summed E-state index contributed by atoms with van der Waals surface area (Å²) in [4.78, 5) is 46.0. The van der Waals surface area contributed by atoms with Crippen molar-refractivity contribution in [1.82, 2.24) is 24.3 Å². The van der Waals surface area contributed by atoms with Crippen LogP contribution in [0.3, 0.4) is 0 Å². The number of nitrogens with zero attached hydrogens (tertiary/aromatic N) is 5. The van der Waals surface area contributed by atoms with Gasteiger partial charge in [0.05, 0.1) is 13.1 Å². The van der Waals surface area contributed by atoms with E-state index >= 15 is 0 Å². The third kappa shape index (κ3) is 3.67. The van der Waals surface area contributed by atoms with Gasteiger partial charge in [-0.15, -0.1) is 0 Å². The van der Waals surface area contributed by atoms with Crippen LogP contribution in [-0.2, 0) is 28.0 Å². The molecule has 2 aliphatic rings. The number of rotatable bonds is 6. The van der Waals surface area contributed by atoms with Gasteiger partial charge in [-0.3, -0.25) is 14.4 Å². The Morgan fingerprint density at radius 2 is 1.92 bits per heavy atom. The summed E-state index contributed by atoms with van der Waals surface area (Å²) in [5, 5.41) is 0. The second-order valence-corrected chi connectivity index (χ2v) is 6.75. The molecule has 2 aliphatic heterocycles. The van der Waals surface area contributed by atoms with Crippen LogP contribution < -0.4 is 0 Å². The summed E-state index contributed by atoms with van der Waals surface area (Å²) in [5.41, 5.74) is 0. The first-order valence-electron chi connectivity index (χ1n) is 8.79. The van der Waals surface area contributed by atoms with Gasteiger partial charge in [0.1, 0.15) is 11.9 Å². The van der Waals surface area contributed by atoms with Crippen molar-refractivity contribution >= 4 is 17.7 Å². The Bertz CT molecular complexity index is 671. The maximum atomic E-state index is 12.6. The number of piperazine rings is 1. The van der Waals surface area contributed by atoms with E-state index in [9.17, 15) is 14.4 Å². The average Bonchev–Trinajstić information content (AvgIpc) is 3.17. The fourth-order valence-corrected chi connectivity index (χ4v) is 3.45. The lowest BCUT2D eigenvalue weighted by Gasteiger charge is -2.38. The number of amides is 3. The largest absolute Gasteiger partial charge is 0.343 e. The molecule has 3 amide bonds. The van der Waals surface area contributed by atoms with Gasteiger partial charge in [0.2, 0.25) is 17.7 Å². The van der Waals surface area contributed by atoms with Gasteiger partial charge in [-0.1, -0.05) is 0 Å². The molecule has 1 atom stereocenters. The Hall–Kier alpha value is -2.38. The standard InChI is InChI=1S/C17H25N5O3/c1-13-17(25)21(9-4-8-20-7-3-5-15(20)23)12-16(24)22(13)11-14-18-6-10-19(14)2/h6,10,13H,3-5,7-9,11-12H2,1-2H3/t13-/m0/s1. The van der Waals surface area contributed by atoms with E-state index in [1.54, 1.807) is 22.9 Å². The number of carbonyl (C=O) groups is 3. The Labute approximate surface area is 147 Å². The normalized spacial score (nSPS) is 21.6. The van der Waals surface area contributed by atoms with Crippen molar-refractivity contribution in [1.29, 1.82) is 0 Å². The highest BCUT2D eigenvalue weighted by molar-refractivity contribution is 5.94. The van der Waals surface area contributed by atoms with E-state index < -0.39 is 6.04 Å². The highest BCUT2D eigenvalue weighted by Crippen LogP contribution is 2.16. The predicted molar refractivity (Wildman–Crippen MR) is 90.2 cm³/mol. The topological polar surface area (TPSA) is 78.8 Å². The average molecular weight is 347 g/mol. The molecule has 136 valence electrons. The van der Waals surface area contributed by atoms with Crippen molar-refractivity contribution < 1.29 is 14.4 Å². The van der Waals surface area contributed by atoms with Gasteiger partial charge in [-0.25, -0.2) is 4.98 Å². The zero-order valence-corrected chi connectivity index (χ0v) is 14.8. The Morgan fingerprint density at radius 3 is 2.56 bits per heavy atom. The van der Waals surface area contributed by atoms with Crippen molar-refractivity contribution in [3.8, 4) is 0 Å². The van der Waals surface area contributed by atoms with Gasteiger partial charge in [0.25, 0.3) is 0 Å². The summed E-state index contributed by atoms with van der Waals surface area (Å²) < 4.78 is 1.85. The Balaban J connectivity index is 1.54. The van der Waals surface area contributed by atoms with Crippen LogP contribution in [0.4, 0.5) is 0 Å². The van der Waals surface area contributed by atoms with Crippen molar-refractivity contribution in [2.45, 2.75) is 38.8 Å². The van der Waals surface area contributed by atoms with Gasteiger partial charge >= 0.3 is 0 Å². The number of likely N-dealkylation sites (tertiary alicyclic amines) is 1. The van der Waals surface area contributed by atoms with Gasteiger partial charge in [0.15, 0.2) is 0 Å². The van der Waals surface area contributed by atoms with Crippen molar-refractivity contribution in [2.24, 2.45) is 7.05 Å². The summed E-state index contributed by atoms with van der Waals surface area (Å²) in [6.45, 7) is 4.17. The highest BCUT2D eigenvalue weighted by atomic mass is 16.2. The summed E-state index contributed by atoms with van der Waals surface area (Å²) in [6.07, 6.45) is 5.75. The monoisotopic (exact) mass is 347 g/mol. The minimum absolute atomic E-state index is 0.0402. The fraction of sp³-hybridized carbons (Fsp3) is 0.647. The molecular weight excluding hydrogens is 322 g/mol. The highest BCUT2D eigenvalue weighted by Gasteiger charge is 2.36. The zero-order chi connectivity index (χ0) is 18.0. The first kappa shape index (κ1) is 17.4. The molecule has 2 saturated heterocycles. The van der Waals surface area contributed by atoms with Crippen molar-refractivity contribution in [3.63, 3.8) is 0 Å². The van der Waals surface area contributed by atoms with Crippen LogP contribution in [0.1, 0.15) is 32.0 Å². The lowest BCUT2D eigenvalue weighted by atomic mass is 10.1. The van der Waals surface area contributed by atoms with Crippen LogP contribution >= 0.6 is 0 Å². The molecule has 3 heterocycles. The number of aryl methyl sites for hydroxylation is 1. The SMILES string of the molecule is C[C@H]1C(=O)N(CCCN2CCCC2=O)CC(=O)N1Cc1nccn1C. The molecule has 0 radical (unpaired) electrons. The number of hydrogen-bond donors (Lipinski definition) is 0. The van der Waals surface area contributed by atoms with Gasteiger partial charge in [-0.05, 0) is 19.8 Å². The Morgan fingerprint density at radius 1 is 1.16 bits per heavy atom. The van der Waals surface area contributed by atoms with E-state index in [-0.39, 0.29) is 24.3 Å². The molecule has 2 fully saturated rings. The van der Waals surface area contributed by atoms with E-state index in [1.807, 2.05) is 22.7 Å². The quantitative estimate of drug-likeness (QED) is 0.725. The Kier molecular flexibility index (Phi) is 5.06. The molecule has 0 aromatic carbocycles. The maximum absolute atomic E-state index is 12.6. The summed E-state index contributed by atoms with van der Waals surface area (Å²) >= 11 is 0. The number of imidazole rings is 1. The lowest BCUT2D eigenvalue weighted by Crippen LogP contribution is -2.58. The third-order valence-electron chi connectivity index (χ3n) is 5.04. The van der Waals surface area contributed by atoms with Gasteiger partial charge < -0.3 is 19.3 Å². The molecule has 0 bridgehead atoms. The zero-order valence-electron chi connectivity index (χ0n) is 14.8. The van der Waals surface area contributed by atoms with E-state index in [0.717, 1.165) is 18.8 Å². The molecule has 0 unspecified atom stereocenters. The summed E-state index contributed by atoms with van der Waals surface area (Å²) in [5.74, 6) is 0.846. The van der Waals surface area contributed by atoms with Crippen molar-refractivity contribution in [3.05, 3.63) is 18.2 Å². The smallest absolute Gasteiger partial charge is 0.245 e. The molecule has 0 saturated carbocycles. The number of carbonyl (C=O) groups excluding carboxylic acids is 3. The van der Waals surface area contributed by atoms with E-state index in [1.165, 1.54) is 0 Å². The molecule has 8 nitrogen and oxygen atoms in total. The second-order valence-electron chi connectivity index (χ2n) is 6.75.